The van der Waals surface area contributed by atoms with Crippen LogP contribution < -0.4 is 15.2 Å². The van der Waals surface area contributed by atoms with Crippen LogP contribution in [-0.2, 0) is 6.42 Å². The first-order valence-corrected chi connectivity index (χ1v) is 8.05. The maximum Gasteiger partial charge on any atom is 0.161 e. The predicted octanol–water partition coefficient (Wildman–Crippen LogP) is 3.00. The number of nitrogens with zero attached hydrogens (tertiary/aromatic N) is 1. The molecule has 0 aliphatic heterocycles. The molecule has 0 amide bonds. The van der Waals surface area contributed by atoms with Gasteiger partial charge in [-0.25, -0.2) is 0 Å². The summed E-state index contributed by atoms with van der Waals surface area (Å²) in [6.07, 6.45) is 1.02. The van der Waals surface area contributed by atoms with Crippen molar-refractivity contribution in [3.8, 4) is 11.5 Å². The zero-order valence-corrected chi connectivity index (χ0v) is 15.0. The monoisotopic (exact) mass is 350 g/mol. The van der Waals surface area contributed by atoms with Crippen molar-refractivity contribution < 1.29 is 9.47 Å². The molecule has 0 aliphatic carbocycles. The third kappa shape index (κ3) is 6.79. The fourth-order valence-corrected chi connectivity index (χ4v) is 2.47. The quantitative estimate of drug-likeness (QED) is 0.715. The Morgan fingerprint density at radius 3 is 2.21 bits per heavy atom. The van der Waals surface area contributed by atoms with Crippen LogP contribution in [0.2, 0.25) is 0 Å². The number of para-hydroxylation sites is 2. The highest BCUT2D eigenvalue weighted by molar-refractivity contribution is 5.85. The Morgan fingerprint density at radius 1 is 0.875 bits per heavy atom. The van der Waals surface area contributed by atoms with Gasteiger partial charge in [0, 0.05) is 26.2 Å². The third-order valence-electron chi connectivity index (χ3n) is 3.74. The van der Waals surface area contributed by atoms with E-state index in [0.29, 0.717) is 13.2 Å². The first kappa shape index (κ1) is 20.3. The van der Waals surface area contributed by atoms with Crippen molar-refractivity contribution in [3.63, 3.8) is 0 Å². The van der Waals surface area contributed by atoms with Gasteiger partial charge in [0.1, 0.15) is 6.61 Å². The molecule has 0 bridgehead atoms. The molecule has 2 N–H and O–H groups in total. The molecule has 24 heavy (non-hydrogen) atoms. The second-order valence-corrected chi connectivity index (χ2v) is 5.37. The Bertz CT molecular complexity index is 566. The molecular formula is C19H27ClN2O2. The summed E-state index contributed by atoms with van der Waals surface area (Å²) < 4.78 is 11.1. The molecule has 0 fully saturated rings. The summed E-state index contributed by atoms with van der Waals surface area (Å²) in [4.78, 5) is 2.34. The van der Waals surface area contributed by atoms with Gasteiger partial charge in [0.15, 0.2) is 11.5 Å². The minimum absolute atomic E-state index is 0. The van der Waals surface area contributed by atoms with Crippen LogP contribution in [0.25, 0.3) is 0 Å². The Kier molecular flexibility index (Phi) is 9.92. The number of hydrogen-bond acceptors (Lipinski definition) is 4. The molecule has 4 nitrogen and oxygen atoms in total. The summed E-state index contributed by atoms with van der Waals surface area (Å²) in [6.45, 7) is 3.99. The SMILES string of the molecule is COc1ccccc1OCCN(CCN)CCc1ccccc1.Cl. The van der Waals surface area contributed by atoms with Crippen molar-refractivity contribution in [2.45, 2.75) is 6.42 Å². The Morgan fingerprint density at radius 2 is 1.54 bits per heavy atom. The van der Waals surface area contributed by atoms with Gasteiger partial charge in [-0.3, -0.25) is 4.90 Å². The van der Waals surface area contributed by atoms with Crippen LogP contribution >= 0.6 is 12.4 Å². The molecule has 2 rings (SSSR count). The standard InChI is InChI=1S/C19H26N2O2.ClH/c1-22-18-9-5-6-10-19(18)23-16-15-21(14-12-20)13-11-17-7-3-2-4-8-17;/h2-10H,11-16,20H2,1H3;1H. The minimum Gasteiger partial charge on any atom is -0.493 e. The Labute approximate surface area is 151 Å². The van der Waals surface area contributed by atoms with Crippen molar-refractivity contribution in [3.05, 3.63) is 60.2 Å². The summed E-state index contributed by atoms with van der Waals surface area (Å²) >= 11 is 0. The molecule has 0 radical (unpaired) electrons. The van der Waals surface area contributed by atoms with Crippen LogP contribution in [0.1, 0.15) is 5.56 Å². The maximum atomic E-state index is 5.85. The van der Waals surface area contributed by atoms with Gasteiger partial charge < -0.3 is 15.2 Å². The summed E-state index contributed by atoms with van der Waals surface area (Å²) in [6, 6.07) is 18.2. The van der Waals surface area contributed by atoms with E-state index in [0.717, 1.165) is 37.6 Å². The van der Waals surface area contributed by atoms with Gasteiger partial charge in [-0.1, -0.05) is 42.5 Å². The zero-order valence-electron chi connectivity index (χ0n) is 14.2. The van der Waals surface area contributed by atoms with Crippen LogP contribution in [0, 0.1) is 0 Å². The lowest BCUT2D eigenvalue weighted by molar-refractivity contribution is 0.209. The normalized spacial score (nSPS) is 10.3. The number of methoxy groups -OCH3 is 1. The van der Waals surface area contributed by atoms with E-state index in [1.54, 1.807) is 7.11 Å². The maximum absolute atomic E-state index is 5.85. The highest BCUT2D eigenvalue weighted by atomic mass is 35.5. The third-order valence-corrected chi connectivity index (χ3v) is 3.74. The minimum atomic E-state index is 0. The number of nitrogens with two attached hydrogens (primary N) is 1. The highest BCUT2D eigenvalue weighted by Gasteiger charge is 2.07. The molecule has 0 atom stereocenters. The van der Waals surface area contributed by atoms with Gasteiger partial charge in [-0.05, 0) is 24.1 Å². The van der Waals surface area contributed by atoms with Crippen molar-refractivity contribution >= 4 is 12.4 Å². The number of rotatable bonds is 10. The van der Waals surface area contributed by atoms with Gasteiger partial charge in [0.05, 0.1) is 7.11 Å². The van der Waals surface area contributed by atoms with Gasteiger partial charge >= 0.3 is 0 Å². The van der Waals surface area contributed by atoms with E-state index in [1.807, 2.05) is 30.3 Å². The average molecular weight is 351 g/mol. The molecule has 0 aliphatic rings. The van der Waals surface area contributed by atoms with Gasteiger partial charge in [-0.15, -0.1) is 12.4 Å². The molecule has 0 unspecified atom stereocenters. The molecule has 5 heteroatoms. The largest absolute Gasteiger partial charge is 0.493 e. The van der Waals surface area contributed by atoms with Crippen molar-refractivity contribution in [2.24, 2.45) is 5.73 Å². The summed E-state index contributed by atoms with van der Waals surface area (Å²) in [5.41, 5.74) is 7.07. The lowest BCUT2D eigenvalue weighted by atomic mass is 10.1. The second-order valence-electron chi connectivity index (χ2n) is 5.37. The summed E-state index contributed by atoms with van der Waals surface area (Å²) in [5, 5.41) is 0. The van der Waals surface area contributed by atoms with Crippen LogP contribution in [0.15, 0.2) is 54.6 Å². The number of ether oxygens (including phenoxy) is 2. The summed E-state index contributed by atoms with van der Waals surface area (Å²) in [7, 11) is 1.66. The average Bonchev–Trinajstić information content (AvgIpc) is 2.61. The van der Waals surface area contributed by atoms with E-state index >= 15 is 0 Å². The first-order chi connectivity index (χ1) is 11.3. The molecule has 0 saturated carbocycles. The van der Waals surface area contributed by atoms with Crippen molar-refractivity contribution in [1.29, 1.82) is 0 Å². The molecular weight excluding hydrogens is 324 g/mol. The van der Waals surface area contributed by atoms with Crippen molar-refractivity contribution in [2.75, 3.05) is 39.9 Å². The lowest BCUT2D eigenvalue weighted by Gasteiger charge is -2.22. The van der Waals surface area contributed by atoms with Crippen LogP contribution in [0.5, 0.6) is 11.5 Å². The number of hydrogen-bond donors (Lipinski definition) is 1. The summed E-state index contributed by atoms with van der Waals surface area (Å²) in [5.74, 6) is 1.55. The molecule has 0 spiro atoms. The highest BCUT2D eigenvalue weighted by Crippen LogP contribution is 2.25. The number of halogens is 1. The van der Waals surface area contributed by atoms with E-state index in [1.165, 1.54) is 5.56 Å². The van der Waals surface area contributed by atoms with E-state index < -0.39 is 0 Å². The van der Waals surface area contributed by atoms with Crippen LogP contribution in [0.4, 0.5) is 0 Å². The Hall–Kier alpha value is -1.75. The molecule has 2 aromatic carbocycles. The molecule has 0 aromatic heterocycles. The van der Waals surface area contributed by atoms with E-state index in [-0.39, 0.29) is 12.4 Å². The topological polar surface area (TPSA) is 47.7 Å². The fraction of sp³-hybridized carbons (Fsp3) is 0.368. The second kappa shape index (κ2) is 11.7. The van der Waals surface area contributed by atoms with Crippen LogP contribution in [-0.4, -0.2) is 44.8 Å². The van der Waals surface area contributed by atoms with Gasteiger partial charge in [-0.2, -0.15) is 0 Å². The van der Waals surface area contributed by atoms with Crippen LogP contribution in [0.3, 0.4) is 0 Å². The fourth-order valence-electron chi connectivity index (χ4n) is 2.47. The smallest absolute Gasteiger partial charge is 0.161 e. The van der Waals surface area contributed by atoms with Crippen molar-refractivity contribution in [1.82, 2.24) is 4.90 Å². The zero-order chi connectivity index (χ0) is 16.3. The molecule has 132 valence electrons. The predicted molar refractivity (Wildman–Crippen MR) is 101 cm³/mol. The van der Waals surface area contributed by atoms with E-state index in [2.05, 4.69) is 29.2 Å². The lowest BCUT2D eigenvalue weighted by Crippen LogP contribution is -2.34. The van der Waals surface area contributed by atoms with E-state index in [4.69, 9.17) is 15.2 Å². The van der Waals surface area contributed by atoms with E-state index in [9.17, 15) is 0 Å². The first-order valence-electron chi connectivity index (χ1n) is 8.05. The Balaban J connectivity index is 0.00000288. The van der Waals surface area contributed by atoms with Gasteiger partial charge in [0.25, 0.3) is 0 Å². The molecule has 0 heterocycles. The van der Waals surface area contributed by atoms with Gasteiger partial charge in [0.2, 0.25) is 0 Å². The molecule has 0 saturated heterocycles. The molecule has 2 aromatic rings. The number of benzene rings is 2.